The highest BCUT2D eigenvalue weighted by Crippen LogP contribution is 2.22. The number of ether oxygens (including phenoxy) is 1. The van der Waals surface area contributed by atoms with Gasteiger partial charge in [0, 0.05) is 25.1 Å². The van der Waals surface area contributed by atoms with Crippen molar-refractivity contribution >= 4 is 15.9 Å². The Hall–Kier alpha value is -3.17. The summed E-state index contributed by atoms with van der Waals surface area (Å²) in [6.07, 6.45) is 1.92. The minimum absolute atomic E-state index is 0.132. The molecule has 1 atom stereocenters. The summed E-state index contributed by atoms with van der Waals surface area (Å²) < 4.78 is 34.9. The summed E-state index contributed by atoms with van der Waals surface area (Å²) in [5, 5.41) is 7.14. The van der Waals surface area contributed by atoms with E-state index in [1.54, 1.807) is 16.8 Å². The normalized spacial score (nSPS) is 15.6. The first-order valence-corrected chi connectivity index (χ1v) is 11.0. The third-order valence-electron chi connectivity index (χ3n) is 5.00. The van der Waals surface area contributed by atoms with Crippen molar-refractivity contribution < 1.29 is 17.9 Å². The molecule has 4 rings (SSSR count). The lowest BCUT2D eigenvalue weighted by Gasteiger charge is -2.13. The number of hydrogen-bond acceptors (Lipinski definition) is 5. The molecule has 0 saturated heterocycles. The zero-order valence-electron chi connectivity index (χ0n) is 16.4. The van der Waals surface area contributed by atoms with Gasteiger partial charge in [0.25, 0.3) is 5.91 Å². The first-order chi connectivity index (χ1) is 14.5. The van der Waals surface area contributed by atoms with Crippen LogP contribution in [0.15, 0.2) is 65.7 Å². The van der Waals surface area contributed by atoms with Gasteiger partial charge >= 0.3 is 0 Å². The van der Waals surface area contributed by atoms with Crippen molar-refractivity contribution in [2.45, 2.75) is 30.4 Å². The Bertz CT molecular complexity index is 1160. The van der Waals surface area contributed by atoms with Crippen molar-refractivity contribution in [3.05, 3.63) is 77.6 Å². The van der Waals surface area contributed by atoms with Gasteiger partial charge in [-0.05, 0) is 17.7 Å². The van der Waals surface area contributed by atoms with Gasteiger partial charge in [-0.15, -0.1) is 0 Å². The second-order valence-electron chi connectivity index (χ2n) is 7.06. The zero-order valence-corrected chi connectivity index (χ0v) is 17.2. The maximum atomic E-state index is 12.7. The molecule has 0 spiro atoms. The number of carbonyl (C=O) groups is 1. The molecule has 0 saturated carbocycles. The molecule has 9 heteroatoms. The lowest BCUT2D eigenvalue weighted by atomic mass is 10.1. The van der Waals surface area contributed by atoms with Gasteiger partial charge in [0.15, 0.2) is 0 Å². The van der Waals surface area contributed by atoms with Gasteiger partial charge in [0.2, 0.25) is 10.0 Å². The quantitative estimate of drug-likeness (QED) is 0.599. The number of rotatable bonds is 7. The maximum absolute atomic E-state index is 12.7. The average molecular weight is 426 g/mol. The van der Waals surface area contributed by atoms with E-state index < -0.39 is 10.0 Å². The van der Waals surface area contributed by atoms with E-state index in [1.807, 2.05) is 30.3 Å². The number of nitrogens with zero attached hydrogens (tertiary/aromatic N) is 2. The molecule has 1 aliphatic heterocycles. The SMILES string of the molecule is COc1cccc(S(=O)(=O)N[C@H]2Cc3c(C(=O)NCc4ccccc4)cnn3C2)c1. The molecule has 0 aliphatic carbocycles. The number of hydrogen-bond donors (Lipinski definition) is 2. The van der Waals surface area contributed by atoms with Gasteiger partial charge in [0.05, 0.1) is 36.0 Å². The third kappa shape index (κ3) is 4.22. The molecule has 1 aliphatic rings. The van der Waals surface area contributed by atoms with Crippen LogP contribution in [0.1, 0.15) is 21.6 Å². The minimum Gasteiger partial charge on any atom is -0.497 e. The summed E-state index contributed by atoms with van der Waals surface area (Å²) in [7, 11) is -2.24. The molecule has 0 fully saturated rings. The summed E-state index contributed by atoms with van der Waals surface area (Å²) >= 11 is 0. The number of aromatic nitrogens is 2. The lowest BCUT2D eigenvalue weighted by Crippen LogP contribution is -2.36. The molecule has 0 unspecified atom stereocenters. The van der Waals surface area contributed by atoms with E-state index >= 15 is 0 Å². The molecule has 1 amide bonds. The van der Waals surface area contributed by atoms with Crippen molar-refractivity contribution in [2.24, 2.45) is 0 Å². The number of amides is 1. The number of nitrogens with one attached hydrogen (secondary N) is 2. The van der Waals surface area contributed by atoms with Gasteiger partial charge in [0.1, 0.15) is 5.75 Å². The van der Waals surface area contributed by atoms with Crippen molar-refractivity contribution in [3.8, 4) is 5.75 Å². The van der Waals surface area contributed by atoms with Crippen LogP contribution in [0.5, 0.6) is 5.75 Å². The fourth-order valence-electron chi connectivity index (χ4n) is 3.49. The second kappa shape index (κ2) is 8.29. The Kier molecular flexibility index (Phi) is 5.56. The number of sulfonamides is 1. The van der Waals surface area contributed by atoms with E-state index in [2.05, 4.69) is 15.1 Å². The summed E-state index contributed by atoms with van der Waals surface area (Å²) in [4.78, 5) is 12.7. The van der Waals surface area contributed by atoms with Crippen molar-refractivity contribution in [1.82, 2.24) is 19.8 Å². The van der Waals surface area contributed by atoms with Crippen LogP contribution in [0.4, 0.5) is 0 Å². The van der Waals surface area contributed by atoms with E-state index in [0.29, 0.717) is 30.8 Å². The van der Waals surface area contributed by atoms with Gasteiger partial charge in [-0.3, -0.25) is 9.48 Å². The van der Waals surface area contributed by atoms with Gasteiger partial charge in [-0.25, -0.2) is 13.1 Å². The van der Waals surface area contributed by atoms with E-state index in [4.69, 9.17) is 4.74 Å². The highest BCUT2D eigenvalue weighted by Gasteiger charge is 2.31. The first kappa shape index (κ1) is 20.1. The Morgan fingerprint density at radius 2 is 2.00 bits per heavy atom. The number of fused-ring (bicyclic) bond motifs is 1. The minimum atomic E-state index is -3.72. The Labute approximate surface area is 174 Å². The first-order valence-electron chi connectivity index (χ1n) is 9.49. The maximum Gasteiger partial charge on any atom is 0.255 e. The third-order valence-corrected chi connectivity index (χ3v) is 6.51. The summed E-state index contributed by atoms with van der Waals surface area (Å²) in [5.41, 5.74) is 2.19. The van der Waals surface area contributed by atoms with Crippen molar-refractivity contribution in [3.63, 3.8) is 0 Å². The fraction of sp³-hybridized carbons (Fsp3) is 0.238. The van der Waals surface area contributed by atoms with Crippen LogP contribution in [0.2, 0.25) is 0 Å². The number of benzene rings is 2. The molecule has 3 aromatic rings. The predicted molar refractivity (Wildman–Crippen MR) is 111 cm³/mol. The van der Waals surface area contributed by atoms with E-state index in [-0.39, 0.29) is 16.8 Å². The molecular weight excluding hydrogens is 404 g/mol. The highest BCUT2D eigenvalue weighted by molar-refractivity contribution is 7.89. The number of carbonyl (C=O) groups excluding carboxylic acids is 1. The van der Waals surface area contributed by atoms with Crippen LogP contribution in [0.25, 0.3) is 0 Å². The molecule has 156 valence electrons. The number of methoxy groups -OCH3 is 1. The standard InChI is InChI=1S/C21H22N4O4S/c1-29-17-8-5-9-18(11-17)30(27,28)24-16-10-20-19(13-23-25(20)14-16)21(26)22-12-15-6-3-2-4-7-15/h2-9,11,13,16,24H,10,12,14H2,1H3,(H,22,26)/t16-/m0/s1. The van der Waals surface area contributed by atoms with Crippen molar-refractivity contribution in [2.75, 3.05) is 7.11 Å². The van der Waals surface area contributed by atoms with Crippen LogP contribution in [0, 0.1) is 0 Å². The summed E-state index contributed by atoms with van der Waals surface area (Å²) in [6.45, 7) is 0.778. The van der Waals surface area contributed by atoms with E-state index in [1.165, 1.54) is 25.4 Å². The molecule has 1 aromatic heterocycles. The van der Waals surface area contributed by atoms with Crippen LogP contribution in [-0.2, 0) is 29.5 Å². The molecule has 2 N–H and O–H groups in total. The summed E-state index contributed by atoms with van der Waals surface area (Å²) in [5.74, 6) is 0.242. The van der Waals surface area contributed by atoms with E-state index in [0.717, 1.165) is 11.3 Å². The average Bonchev–Trinajstić information content (AvgIpc) is 3.32. The Morgan fingerprint density at radius 1 is 1.20 bits per heavy atom. The van der Waals surface area contributed by atoms with Crippen LogP contribution in [0.3, 0.4) is 0 Å². The second-order valence-corrected chi connectivity index (χ2v) is 8.77. The molecular formula is C21H22N4O4S. The monoisotopic (exact) mass is 426 g/mol. The fourth-order valence-corrected chi connectivity index (χ4v) is 4.75. The lowest BCUT2D eigenvalue weighted by molar-refractivity contribution is 0.0950. The van der Waals surface area contributed by atoms with Gasteiger partial charge < -0.3 is 10.1 Å². The van der Waals surface area contributed by atoms with Crippen LogP contribution < -0.4 is 14.8 Å². The largest absolute Gasteiger partial charge is 0.497 e. The molecule has 2 heterocycles. The van der Waals surface area contributed by atoms with Gasteiger partial charge in [-0.1, -0.05) is 36.4 Å². The van der Waals surface area contributed by atoms with E-state index in [9.17, 15) is 13.2 Å². The van der Waals surface area contributed by atoms with Crippen LogP contribution >= 0.6 is 0 Å². The van der Waals surface area contributed by atoms with Gasteiger partial charge in [-0.2, -0.15) is 5.10 Å². The zero-order chi connectivity index (χ0) is 21.1. The van der Waals surface area contributed by atoms with Crippen LogP contribution in [-0.4, -0.2) is 37.3 Å². The molecule has 2 aromatic carbocycles. The predicted octanol–water partition coefficient (Wildman–Crippen LogP) is 1.72. The molecule has 0 radical (unpaired) electrons. The topological polar surface area (TPSA) is 102 Å². The molecule has 30 heavy (non-hydrogen) atoms. The smallest absolute Gasteiger partial charge is 0.255 e. The molecule has 8 nitrogen and oxygen atoms in total. The van der Waals surface area contributed by atoms with Crippen molar-refractivity contribution in [1.29, 1.82) is 0 Å². The highest BCUT2D eigenvalue weighted by atomic mass is 32.2. The molecule has 0 bridgehead atoms. The Morgan fingerprint density at radius 3 is 2.77 bits per heavy atom. The summed E-state index contributed by atoms with van der Waals surface area (Å²) in [6, 6.07) is 15.5. The Balaban J connectivity index is 1.42.